The lowest BCUT2D eigenvalue weighted by atomic mass is 10.2. The first-order chi connectivity index (χ1) is 16.0. The Kier molecular flexibility index (Phi) is 7.07. The van der Waals surface area contributed by atoms with Gasteiger partial charge in [0.1, 0.15) is 0 Å². The summed E-state index contributed by atoms with van der Waals surface area (Å²) in [5.41, 5.74) is 2.63. The van der Waals surface area contributed by atoms with Gasteiger partial charge in [-0.3, -0.25) is 14.5 Å². The first-order valence-electron chi connectivity index (χ1n) is 10.1. The number of rotatable bonds is 8. The van der Waals surface area contributed by atoms with Crippen molar-refractivity contribution in [3.8, 4) is 0 Å². The van der Waals surface area contributed by atoms with Gasteiger partial charge in [-0.2, -0.15) is 0 Å². The smallest absolute Gasteiger partial charge is 0.261 e. The largest absolute Gasteiger partial charge is 0.322 e. The standard InChI is InChI=1S/C25H21N3O3S2/c29-25(27-21-12-14-23(15-13-21)32-18-19-5-4-16-26-17-19)20-8-10-22(11-9-20)28-33(30,31)24-6-2-1-3-7-24/h1-17,28H,18H2,(H,27,29). The highest BCUT2D eigenvalue weighted by Gasteiger charge is 2.14. The Morgan fingerprint density at radius 1 is 0.818 bits per heavy atom. The molecule has 0 aliphatic rings. The molecule has 4 rings (SSSR count). The van der Waals surface area contributed by atoms with E-state index in [0.29, 0.717) is 16.9 Å². The molecular weight excluding hydrogens is 454 g/mol. The molecule has 0 saturated heterocycles. The lowest BCUT2D eigenvalue weighted by Crippen LogP contribution is -2.14. The number of carbonyl (C=O) groups excluding carboxylic acids is 1. The lowest BCUT2D eigenvalue weighted by Gasteiger charge is -2.10. The van der Waals surface area contributed by atoms with Crippen LogP contribution in [0.15, 0.2) is 113 Å². The van der Waals surface area contributed by atoms with Crippen LogP contribution in [0.25, 0.3) is 0 Å². The zero-order valence-corrected chi connectivity index (χ0v) is 19.1. The van der Waals surface area contributed by atoms with Gasteiger partial charge in [0.2, 0.25) is 0 Å². The summed E-state index contributed by atoms with van der Waals surface area (Å²) in [7, 11) is -3.68. The van der Waals surface area contributed by atoms with E-state index in [1.54, 1.807) is 60.4 Å². The molecule has 2 N–H and O–H groups in total. The second-order valence-electron chi connectivity index (χ2n) is 7.12. The van der Waals surface area contributed by atoms with Crippen molar-refractivity contribution in [1.82, 2.24) is 4.98 Å². The topological polar surface area (TPSA) is 88.2 Å². The molecule has 166 valence electrons. The van der Waals surface area contributed by atoms with Gasteiger partial charge in [0.25, 0.3) is 15.9 Å². The van der Waals surface area contributed by atoms with Gasteiger partial charge in [-0.1, -0.05) is 24.3 Å². The monoisotopic (exact) mass is 475 g/mol. The van der Waals surface area contributed by atoms with Crippen LogP contribution >= 0.6 is 11.8 Å². The van der Waals surface area contributed by atoms with Crippen LogP contribution in [0.2, 0.25) is 0 Å². The Hall–Kier alpha value is -3.62. The number of anilines is 2. The molecule has 4 aromatic rings. The molecule has 6 nitrogen and oxygen atoms in total. The maximum Gasteiger partial charge on any atom is 0.261 e. The highest BCUT2D eigenvalue weighted by molar-refractivity contribution is 7.98. The minimum Gasteiger partial charge on any atom is -0.322 e. The molecular formula is C25H21N3O3S2. The predicted octanol–water partition coefficient (Wildman–Crippen LogP) is 5.43. The van der Waals surface area contributed by atoms with Crippen LogP contribution in [-0.4, -0.2) is 19.3 Å². The summed E-state index contributed by atoms with van der Waals surface area (Å²) in [5, 5.41) is 2.86. The lowest BCUT2D eigenvalue weighted by molar-refractivity contribution is 0.102. The van der Waals surface area contributed by atoms with E-state index in [-0.39, 0.29) is 10.8 Å². The molecule has 0 atom stereocenters. The molecule has 0 unspecified atom stereocenters. The Labute approximate surface area is 197 Å². The van der Waals surface area contributed by atoms with E-state index in [1.165, 1.54) is 12.1 Å². The average molecular weight is 476 g/mol. The van der Waals surface area contributed by atoms with Crippen molar-refractivity contribution in [1.29, 1.82) is 0 Å². The van der Waals surface area contributed by atoms with Gasteiger partial charge in [0.05, 0.1) is 4.90 Å². The zero-order chi connectivity index (χ0) is 23.1. The predicted molar refractivity (Wildman–Crippen MR) is 132 cm³/mol. The summed E-state index contributed by atoms with van der Waals surface area (Å²) < 4.78 is 27.4. The van der Waals surface area contributed by atoms with Crippen molar-refractivity contribution >= 4 is 39.1 Å². The highest BCUT2D eigenvalue weighted by Crippen LogP contribution is 2.24. The number of hydrogen-bond acceptors (Lipinski definition) is 5. The fraction of sp³-hybridized carbons (Fsp3) is 0.0400. The third-order valence-electron chi connectivity index (χ3n) is 4.69. The SMILES string of the molecule is O=C(Nc1ccc(SCc2cccnc2)cc1)c1ccc(NS(=O)(=O)c2ccccc2)cc1. The first-order valence-corrected chi connectivity index (χ1v) is 12.6. The number of thioether (sulfide) groups is 1. The second kappa shape index (κ2) is 10.3. The van der Waals surface area contributed by atoms with Crippen molar-refractivity contribution in [2.75, 3.05) is 10.0 Å². The molecule has 0 aliphatic carbocycles. The quantitative estimate of drug-likeness (QED) is 0.332. The van der Waals surface area contributed by atoms with E-state index in [2.05, 4.69) is 15.0 Å². The number of nitrogens with zero attached hydrogens (tertiary/aromatic N) is 1. The third kappa shape index (κ3) is 6.21. The Bertz CT molecular complexity index is 1310. The average Bonchev–Trinajstić information content (AvgIpc) is 2.85. The van der Waals surface area contributed by atoms with E-state index in [4.69, 9.17) is 0 Å². The summed E-state index contributed by atoms with van der Waals surface area (Å²) in [6.45, 7) is 0. The molecule has 0 spiro atoms. The van der Waals surface area contributed by atoms with Crippen LogP contribution in [-0.2, 0) is 15.8 Å². The van der Waals surface area contributed by atoms with Gasteiger partial charge in [-0.25, -0.2) is 8.42 Å². The van der Waals surface area contributed by atoms with E-state index >= 15 is 0 Å². The minimum absolute atomic E-state index is 0.175. The van der Waals surface area contributed by atoms with Crippen LogP contribution in [0.5, 0.6) is 0 Å². The number of sulfonamides is 1. The van der Waals surface area contributed by atoms with Gasteiger partial charge in [-0.15, -0.1) is 11.8 Å². The van der Waals surface area contributed by atoms with Gasteiger partial charge in [0.15, 0.2) is 0 Å². The van der Waals surface area contributed by atoms with Gasteiger partial charge >= 0.3 is 0 Å². The van der Waals surface area contributed by atoms with Crippen molar-refractivity contribution in [3.63, 3.8) is 0 Å². The summed E-state index contributed by atoms with van der Waals surface area (Å²) in [5.74, 6) is 0.545. The molecule has 1 aromatic heterocycles. The normalized spacial score (nSPS) is 11.0. The van der Waals surface area contributed by atoms with Crippen LogP contribution in [0.1, 0.15) is 15.9 Å². The number of pyridine rings is 1. The summed E-state index contributed by atoms with van der Waals surface area (Å²) in [4.78, 5) is 17.9. The maximum atomic E-state index is 12.6. The Morgan fingerprint density at radius 2 is 1.52 bits per heavy atom. The zero-order valence-electron chi connectivity index (χ0n) is 17.5. The van der Waals surface area contributed by atoms with Crippen LogP contribution < -0.4 is 10.0 Å². The number of aromatic nitrogens is 1. The van der Waals surface area contributed by atoms with Crippen LogP contribution in [0.4, 0.5) is 11.4 Å². The van der Waals surface area contributed by atoms with E-state index in [9.17, 15) is 13.2 Å². The van der Waals surface area contributed by atoms with Crippen molar-refractivity contribution < 1.29 is 13.2 Å². The number of amides is 1. The molecule has 1 amide bonds. The molecule has 1 heterocycles. The molecule has 0 saturated carbocycles. The molecule has 33 heavy (non-hydrogen) atoms. The van der Waals surface area contributed by atoms with E-state index in [1.807, 2.05) is 42.6 Å². The van der Waals surface area contributed by atoms with Gasteiger partial charge in [-0.05, 0) is 72.3 Å². The molecule has 0 aliphatic heterocycles. The second-order valence-corrected chi connectivity index (χ2v) is 9.86. The summed E-state index contributed by atoms with van der Waals surface area (Å²) in [6, 6.07) is 26.0. The summed E-state index contributed by atoms with van der Waals surface area (Å²) >= 11 is 1.69. The number of hydrogen-bond donors (Lipinski definition) is 2. The number of carbonyl (C=O) groups is 1. The Morgan fingerprint density at radius 3 is 2.18 bits per heavy atom. The van der Waals surface area contributed by atoms with Gasteiger partial charge < -0.3 is 5.32 Å². The fourth-order valence-corrected chi connectivity index (χ4v) is 4.90. The fourth-order valence-electron chi connectivity index (χ4n) is 2.99. The van der Waals surface area contributed by atoms with Crippen molar-refractivity contribution in [3.05, 3.63) is 115 Å². The van der Waals surface area contributed by atoms with Crippen molar-refractivity contribution in [2.45, 2.75) is 15.5 Å². The van der Waals surface area contributed by atoms with Gasteiger partial charge in [0, 0.05) is 40.0 Å². The first kappa shape index (κ1) is 22.6. The summed E-state index contributed by atoms with van der Waals surface area (Å²) in [6.07, 6.45) is 3.60. The molecule has 0 radical (unpaired) electrons. The molecule has 3 aromatic carbocycles. The van der Waals surface area contributed by atoms with E-state index in [0.717, 1.165) is 16.2 Å². The Balaban J connectivity index is 1.34. The highest BCUT2D eigenvalue weighted by atomic mass is 32.2. The number of nitrogens with one attached hydrogen (secondary N) is 2. The van der Waals surface area contributed by atoms with E-state index < -0.39 is 10.0 Å². The third-order valence-corrected chi connectivity index (χ3v) is 7.17. The van der Waals surface area contributed by atoms with Crippen LogP contribution in [0, 0.1) is 0 Å². The molecule has 0 bridgehead atoms. The number of benzene rings is 3. The minimum atomic E-state index is -3.68. The van der Waals surface area contributed by atoms with Crippen LogP contribution in [0.3, 0.4) is 0 Å². The van der Waals surface area contributed by atoms with Crippen molar-refractivity contribution in [2.24, 2.45) is 0 Å². The molecule has 0 fully saturated rings. The molecule has 8 heteroatoms. The maximum absolute atomic E-state index is 12.6.